The van der Waals surface area contributed by atoms with Gasteiger partial charge in [-0.1, -0.05) is 127 Å². The van der Waals surface area contributed by atoms with Crippen molar-refractivity contribution in [3.63, 3.8) is 0 Å². The van der Waals surface area contributed by atoms with Crippen molar-refractivity contribution in [3.05, 3.63) is 188 Å². The zero-order valence-electron chi connectivity index (χ0n) is 33.9. The first-order valence-electron chi connectivity index (χ1n) is 21.2. The van der Waals surface area contributed by atoms with Crippen LogP contribution in [0.15, 0.2) is 201 Å². The summed E-state index contributed by atoms with van der Waals surface area (Å²) in [4.78, 5) is 15.5. The maximum atomic E-state index is 6.63. The largest absolute Gasteiger partial charge is 0.456 e. The van der Waals surface area contributed by atoms with E-state index in [1.807, 2.05) is 96.3 Å². The van der Waals surface area contributed by atoms with Crippen LogP contribution in [0.1, 0.15) is 0 Å². The van der Waals surface area contributed by atoms with Gasteiger partial charge < -0.3 is 13.3 Å². The molecule has 0 aliphatic carbocycles. The van der Waals surface area contributed by atoms with Crippen LogP contribution in [0.4, 0.5) is 0 Å². The molecule has 14 aromatic rings. The summed E-state index contributed by atoms with van der Waals surface area (Å²) in [6.07, 6.45) is 0. The first-order valence-corrected chi connectivity index (χ1v) is 22.1. The predicted octanol–water partition coefficient (Wildman–Crippen LogP) is 16.3. The number of benzene rings is 9. The molecular weight excluding hydrogens is 807 g/mol. The van der Waals surface area contributed by atoms with E-state index in [4.69, 9.17) is 28.2 Å². The summed E-state index contributed by atoms with van der Waals surface area (Å²) in [7, 11) is 0. The summed E-state index contributed by atoms with van der Waals surface area (Å²) in [5.41, 5.74) is 11.6. The van der Waals surface area contributed by atoms with Gasteiger partial charge in [-0.15, -0.1) is 11.3 Å². The third kappa shape index (κ3) is 5.35. The fourth-order valence-electron chi connectivity index (χ4n) is 9.59. The topological polar surface area (TPSA) is 78.1 Å². The molecule has 6 nitrogen and oxygen atoms in total. The van der Waals surface area contributed by atoms with Crippen LogP contribution < -0.4 is 0 Å². The molecule has 298 valence electrons. The zero-order chi connectivity index (χ0) is 41.9. The minimum absolute atomic E-state index is 0.527. The number of para-hydroxylation sites is 3. The van der Waals surface area contributed by atoms with E-state index in [-0.39, 0.29) is 0 Å². The van der Waals surface area contributed by atoms with Crippen molar-refractivity contribution >= 4 is 97.3 Å². The number of fused-ring (bicyclic) bond motifs is 12. The lowest BCUT2D eigenvalue weighted by molar-refractivity contribution is 0.668. The van der Waals surface area contributed by atoms with Crippen molar-refractivity contribution < 1.29 is 13.3 Å². The number of hydrogen-bond acceptors (Lipinski definition) is 7. The second-order valence-electron chi connectivity index (χ2n) is 16.2. The zero-order valence-corrected chi connectivity index (χ0v) is 34.7. The van der Waals surface area contributed by atoms with Gasteiger partial charge >= 0.3 is 0 Å². The fourth-order valence-corrected chi connectivity index (χ4v) is 10.7. The number of aromatic nitrogens is 3. The molecule has 0 unspecified atom stereocenters. The Morgan fingerprint density at radius 1 is 0.297 bits per heavy atom. The summed E-state index contributed by atoms with van der Waals surface area (Å²) in [5.74, 6) is 1.63. The third-order valence-electron chi connectivity index (χ3n) is 12.6. The van der Waals surface area contributed by atoms with E-state index in [9.17, 15) is 0 Å². The van der Waals surface area contributed by atoms with Crippen LogP contribution in [0.5, 0.6) is 0 Å². The number of thiophene rings is 1. The summed E-state index contributed by atoms with van der Waals surface area (Å²) >= 11 is 1.83. The molecule has 0 saturated heterocycles. The van der Waals surface area contributed by atoms with E-state index in [1.54, 1.807) is 0 Å². The molecule has 0 amide bonds. The Balaban J connectivity index is 0.985. The van der Waals surface area contributed by atoms with E-state index in [0.29, 0.717) is 17.5 Å². The van der Waals surface area contributed by atoms with Crippen LogP contribution in [0.25, 0.3) is 142 Å². The molecule has 9 aromatic carbocycles. The molecule has 0 atom stereocenters. The van der Waals surface area contributed by atoms with Crippen LogP contribution >= 0.6 is 11.3 Å². The number of rotatable bonds is 5. The van der Waals surface area contributed by atoms with Crippen LogP contribution in [-0.4, -0.2) is 15.0 Å². The fraction of sp³-hybridized carbons (Fsp3) is 0. The summed E-state index contributed by atoms with van der Waals surface area (Å²) in [6, 6.07) is 65.1. The van der Waals surface area contributed by atoms with Crippen LogP contribution in [0, 0.1) is 0 Å². The first-order chi connectivity index (χ1) is 31.7. The van der Waals surface area contributed by atoms with Crippen molar-refractivity contribution in [1.82, 2.24) is 15.0 Å². The van der Waals surface area contributed by atoms with Gasteiger partial charge in [-0.25, -0.2) is 15.0 Å². The SMILES string of the molecule is c1ccc(-c2nc(-c3cccc4c3oc3ccccc34)nc(-c3cccc4oc5ccc(-c6cc(-c7ccc8c(c7)sc7ccccc78)cc7oc8ccccc8c67)cc5c34)n2)cc1. The summed E-state index contributed by atoms with van der Waals surface area (Å²) in [5, 5.41) is 8.65. The molecule has 5 aromatic heterocycles. The van der Waals surface area contributed by atoms with E-state index in [1.165, 1.54) is 20.2 Å². The van der Waals surface area contributed by atoms with Crippen LogP contribution in [0.2, 0.25) is 0 Å². The Kier molecular flexibility index (Phi) is 7.46. The molecule has 0 radical (unpaired) electrons. The lowest BCUT2D eigenvalue weighted by Gasteiger charge is -2.10. The molecular formula is C57H31N3O3S. The molecule has 0 spiro atoms. The quantitative estimate of drug-likeness (QED) is 0.172. The Morgan fingerprint density at radius 3 is 1.81 bits per heavy atom. The number of nitrogens with zero attached hydrogens (tertiary/aromatic N) is 3. The van der Waals surface area contributed by atoms with Crippen LogP contribution in [0.3, 0.4) is 0 Å². The van der Waals surface area contributed by atoms with Crippen molar-refractivity contribution in [2.45, 2.75) is 0 Å². The van der Waals surface area contributed by atoms with E-state index >= 15 is 0 Å². The predicted molar refractivity (Wildman–Crippen MR) is 262 cm³/mol. The highest BCUT2D eigenvalue weighted by Crippen LogP contribution is 2.45. The molecule has 0 N–H and O–H groups in total. The number of hydrogen-bond donors (Lipinski definition) is 0. The lowest BCUT2D eigenvalue weighted by atomic mass is 9.93. The normalized spacial score (nSPS) is 12.1. The average molecular weight is 838 g/mol. The highest BCUT2D eigenvalue weighted by Gasteiger charge is 2.22. The molecule has 0 aliphatic heterocycles. The monoisotopic (exact) mass is 837 g/mol. The molecule has 0 bridgehead atoms. The summed E-state index contributed by atoms with van der Waals surface area (Å²) < 4.78 is 22.3. The smallest absolute Gasteiger partial charge is 0.167 e. The summed E-state index contributed by atoms with van der Waals surface area (Å²) in [6.45, 7) is 0. The van der Waals surface area contributed by atoms with Gasteiger partial charge in [-0.05, 0) is 82.9 Å². The van der Waals surface area contributed by atoms with Gasteiger partial charge in [-0.2, -0.15) is 0 Å². The second-order valence-corrected chi connectivity index (χ2v) is 17.3. The van der Waals surface area contributed by atoms with Crippen molar-refractivity contribution in [2.75, 3.05) is 0 Å². The Morgan fingerprint density at radius 2 is 0.922 bits per heavy atom. The molecule has 0 saturated carbocycles. The third-order valence-corrected chi connectivity index (χ3v) is 13.7. The van der Waals surface area contributed by atoms with Crippen LogP contribution in [-0.2, 0) is 0 Å². The van der Waals surface area contributed by atoms with Gasteiger partial charge in [0.15, 0.2) is 17.5 Å². The molecule has 14 rings (SSSR count). The minimum Gasteiger partial charge on any atom is -0.456 e. The maximum Gasteiger partial charge on any atom is 0.167 e. The Labute approximate surface area is 368 Å². The van der Waals surface area contributed by atoms with Gasteiger partial charge in [0.1, 0.15) is 33.5 Å². The van der Waals surface area contributed by atoms with Gasteiger partial charge in [-0.3, -0.25) is 0 Å². The Hall–Kier alpha value is -8.39. The second kappa shape index (κ2) is 13.6. The molecule has 0 fully saturated rings. The molecule has 0 aliphatic rings. The molecule has 64 heavy (non-hydrogen) atoms. The molecule has 5 heterocycles. The van der Waals surface area contributed by atoms with E-state index in [2.05, 4.69) is 103 Å². The van der Waals surface area contributed by atoms with Crippen molar-refractivity contribution in [1.29, 1.82) is 0 Å². The highest BCUT2D eigenvalue weighted by atomic mass is 32.1. The average Bonchev–Trinajstić information content (AvgIpc) is 4.13. The Bertz CT molecular complexity index is 4210. The first kappa shape index (κ1) is 35.2. The van der Waals surface area contributed by atoms with E-state index in [0.717, 1.165) is 105 Å². The molecule has 7 heteroatoms. The standard InChI is InChI=1S/C57H31N3O3S/c1-2-12-32(13-3-1)55-58-56(60-57(59-55)42-19-10-17-39-36-14-4-7-20-45(36)63-54(39)42)41-18-11-22-48-53(41)44-28-34(25-27-47(44)61-48)43-29-35(30-49-52(43)40-16-5-8-21-46(40)62-49)33-24-26-38-37-15-6-9-23-50(37)64-51(38)31-33/h1-31H. The van der Waals surface area contributed by atoms with Gasteiger partial charge in [0.05, 0.1) is 5.56 Å². The lowest BCUT2D eigenvalue weighted by Crippen LogP contribution is -2.00. The van der Waals surface area contributed by atoms with Crippen molar-refractivity contribution in [3.8, 4) is 56.4 Å². The van der Waals surface area contributed by atoms with Gasteiger partial charge in [0, 0.05) is 63.6 Å². The van der Waals surface area contributed by atoms with E-state index < -0.39 is 0 Å². The highest BCUT2D eigenvalue weighted by molar-refractivity contribution is 7.25. The number of furan rings is 3. The minimum atomic E-state index is 0.527. The van der Waals surface area contributed by atoms with Gasteiger partial charge in [0.25, 0.3) is 0 Å². The maximum absolute atomic E-state index is 6.63. The van der Waals surface area contributed by atoms with Gasteiger partial charge in [0.2, 0.25) is 0 Å². The van der Waals surface area contributed by atoms with Crippen molar-refractivity contribution in [2.24, 2.45) is 0 Å².